The van der Waals surface area contributed by atoms with Crippen LogP contribution in [0.15, 0.2) is 218 Å². The van der Waals surface area contributed by atoms with E-state index in [0.717, 1.165) is 56.0 Å². The van der Waals surface area contributed by atoms with Gasteiger partial charge in [0.2, 0.25) is 0 Å². The molecule has 0 fully saturated rings. The largest absolute Gasteiger partial charge is 0.392 e. The summed E-state index contributed by atoms with van der Waals surface area (Å²) < 4.78 is 0.528. The maximum atomic E-state index is 16.5. The third-order valence-corrected chi connectivity index (χ3v) is 19.4. The summed E-state index contributed by atoms with van der Waals surface area (Å²) in [6.45, 7) is 18.9. The van der Waals surface area contributed by atoms with E-state index in [1.807, 2.05) is 18.2 Å². The average Bonchev–Trinajstić information content (AvgIpc) is 3.53. The molecule has 10 aromatic rings. The number of hydrogen-bond donors (Lipinski definition) is 1. The number of nitrogens with zero attached hydrogens (tertiary/aromatic N) is 2. The lowest BCUT2D eigenvalue weighted by atomic mass is 9.70. The highest BCUT2D eigenvalue weighted by Crippen LogP contribution is 2.63. The molecule has 14 rings (SSSR count). The molecule has 0 bridgehead atoms. The van der Waals surface area contributed by atoms with Crippen LogP contribution < -0.4 is 8.97 Å². The average molecular weight is 1030 g/mol. The predicted octanol–water partition coefficient (Wildman–Crippen LogP) is 18.8. The quantitative estimate of drug-likeness (QED) is 0.169. The van der Waals surface area contributed by atoms with Gasteiger partial charge in [-0.1, -0.05) is 189 Å². The summed E-state index contributed by atoms with van der Waals surface area (Å²) >= 11 is 0. The van der Waals surface area contributed by atoms with Gasteiger partial charge in [0.1, 0.15) is 17.1 Å². The molecule has 0 saturated carbocycles. The Bertz CT molecular complexity index is 4180. The van der Waals surface area contributed by atoms with Crippen LogP contribution in [-0.4, -0.2) is 18.1 Å². The molecule has 0 spiro atoms. The van der Waals surface area contributed by atoms with Gasteiger partial charge < -0.3 is 5.11 Å². The van der Waals surface area contributed by atoms with Crippen molar-refractivity contribution in [1.82, 2.24) is 8.97 Å². The maximum Gasteiger partial charge on any atom is 0.361 e. The van der Waals surface area contributed by atoms with Crippen molar-refractivity contribution in [3.05, 3.63) is 274 Å². The molecule has 386 valence electrons. The van der Waals surface area contributed by atoms with E-state index in [2.05, 4.69) is 263 Å². The standard InChI is InChI=1S/C75H66N2O2/c1-72(2)59-24-16-18-26-67(59)76(9,53-20-12-10-13-21-53)69-44-63-57(42-65(69)72)55-39-37-52(41-61(55)74(63,5)6)49-32-34-50(35-33-49)71(79)77(54-22-14-11-15-23-54)68-27-19-17-25-60(68)73(3,4)66-43-58-56-38-36-51(48-30-28-47(46-78)29-31-48)40-62(56)75(7,8)64(58)45-70(66)77/h10-45,78H,46H2,1-9H3/q+2. The number of aliphatic hydroxyl groups is 1. The van der Waals surface area contributed by atoms with Gasteiger partial charge in [0.15, 0.2) is 17.1 Å². The molecule has 2 aliphatic carbocycles. The summed E-state index contributed by atoms with van der Waals surface area (Å²) in [6.07, 6.45) is 0. The summed E-state index contributed by atoms with van der Waals surface area (Å²) in [5.41, 5.74) is 26.7. The van der Waals surface area contributed by atoms with E-state index < -0.39 is 5.41 Å². The van der Waals surface area contributed by atoms with Crippen molar-refractivity contribution in [2.45, 2.75) is 83.7 Å². The molecule has 1 N–H and O–H groups in total. The van der Waals surface area contributed by atoms with Crippen LogP contribution in [0, 0.1) is 0 Å². The lowest BCUT2D eigenvalue weighted by molar-refractivity contribution is 0.0879. The monoisotopic (exact) mass is 1030 g/mol. The van der Waals surface area contributed by atoms with Crippen molar-refractivity contribution >= 4 is 40.0 Å². The first-order chi connectivity index (χ1) is 37.9. The molecule has 0 aromatic heterocycles. The smallest absolute Gasteiger partial charge is 0.361 e. The lowest BCUT2D eigenvalue weighted by Gasteiger charge is -2.45. The number of quaternary nitrogens is 2. The van der Waals surface area contributed by atoms with Gasteiger partial charge in [-0.2, -0.15) is 4.48 Å². The molecular weight excluding hydrogens is 961 g/mol. The zero-order valence-corrected chi connectivity index (χ0v) is 46.7. The number of carbonyl (C=O) groups is 1. The zero-order valence-electron chi connectivity index (χ0n) is 46.7. The van der Waals surface area contributed by atoms with E-state index in [4.69, 9.17) is 0 Å². The summed E-state index contributed by atoms with van der Waals surface area (Å²) in [4.78, 5) is 16.5. The highest BCUT2D eigenvalue weighted by atomic mass is 16.3. The maximum absolute atomic E-state index is 16.5. The summed E-state index contributed by atoms with van der Waals surface area (Å²) in [5.74, 6) is 0.00399. The predicted molar refractivity (Wildman–Crippen MR) is 327 cm³/mol. The molecule has 4 heteroatoms. The minimum Gasteiger partial charge on any atom is -0.392 e. The fourth-order valence-electron chi connectivity index (χ4n) is 14.9. The molecule has 4 nitrogen and oxygen atoms in total. The zero-order chi connectivity index (χ0) is 54.6. The second kappa shape index (κ2) is 16.9. The number of rotatable bonds is 6. The Kier molecular flexibility index (Phi) is 10.5. The van der Waals surface area contributed by atoms with Crippen LogP contribution in [-0.2, 0) is 28.3 Å². The Hall–Kier alpha value is -8.25. The Morgan fingerprint density at radius 3 is 1.29 bits per heavy atom. The van der Waals surface area contributed by atoms with Gasteiger partial charge in [-0.05, 0) is 121 Å². The molecular formula is C75H66N2O2+2. The normalized spacial score (nSPS) is 19.6. The second-order valence-electron chi connectivity index (χ2n) is 25.0. The van der Waals surface area contributed by atoms with Gasteiger partial charge in [-0.25, -0.2) is 9.28 Å². The van der Waals surface area contributed by atoms with E-state index in [1.165, 1.54) is 72.7 Å². The minimum atomic E-state index is -0.425. The molecule has 2 atom stereocenters. The van der Waals surface area contributed by atoms with E-state index >= 15 is 4.79 Å². The topological polar surface area (TPSA) is 37.3 Å². The first kappa shape index (κ1) is 49.1. The number of amides is 1. The highest BCUT2D eigenvalue weighted by Gasteiger charge is 2.56. The van der Waals surface area contributed by atoms with Crippen molar-refractivity contribution in [1.29, 1.82) is 0 Å². The molecule has 2 aliphatic heterocycles. The van der Waals surface area contributed by atoms with E-state index in [-0.39, 0.29) is 33.2 Å². The van der Waals surface area contributed by atoms with Crippen molar-refractivity contribution < 1.29 is 9.90 Å². The van der Waals surface area contributed by atoms with Crippen LogP contribution in [0.4, 0.5) is 34.1 Å². The van der Waals surface area contributed by atoms with Gasteiger partial charge in [-0.15, -0.1) is 0 Å². The number of aliphatic hydroxyl groups excluding tert-OH is 1. The fraction of sp³-hybridized carbons (Fsp3) is 0.187. The van der Waals surface area contributed by atoms with Gasteiger partial charge in [-0.3, -0.25) is 0 Å². The third kappa shape index (κ3) is 6.63. The van der Waals surface area contributed by atoms with Gasteiger partial charge in [0.25, 0.3) is 0 Å². The second-order valence-corrected chi connectivity index (χ2v) is 25.0. The van der Waals surface area contributed by atoms with Crippen molar-refractivity contribution in [3.63, 3.8) is 0 Å². The van der Waals surface area contributed by atoms with Crippen LogP contribution in [0.2, 0.25) is 0 Å². The molecule has 4 aliphatic rings. The van der Waals surface area contributed by atoms with Crippen LogP contribution in [0.25, 0.3) is 44.5 Å². The van der Waals surface area contributed by atoms with E-state index in [0.29, 0.717) is 10.0 Å². The summed E-state index contributed by atoms with van der Waals surface area (Å²) in [5, 5.41) is 9.77. The SMILES string of the molecule is CC1(C)c2cc(-c3ccc(C(=O)[N+]4(c5ccccc5)c5ccccc5C(C)(C)c5cc6c(cc54)C(C)(C)c4cc(-c5ccc(CO)cc5)ccc4-6)cc3)ccc2-c2cc3c(cc21)[N+](C)(c1ccccc1)c1ccccc1C3(C)C. The van der Waals surface area contributed by atoms with Gasteiger partial charge in [0.05, 0.1) is 19.2 Å². The lowest BCUT2D eigenvalue weighted by Crippen LogP contribution is -2.50. The highest BCUT2D eigenvalue weighted by molar-refractivity contribution is 6.13. The van der Waals surface area contributed by atoms with Gasteiger partial charge >= 0.3 is 5.91 Å². The third-order valence-electron chi connectivity index (χ3n) is 19.4. The molecule has 2 unspecified atom stereocenters. The molecule has 1 amide bonds. The van der Waals surface area contributed by atoms with Crippen molar-refractivity contribution in [3.8, 4) is 44.5 Å². The molecule has 79 heavy (non-hydrogen) atoms. The number of carbonyl (C=O) groups excluding carboxylic acids is 1. The number of benzene rings is 10. The number of para-hydroxylation sites is 4. The van der Waals surface area contributed by atoms with E-state index in [9.17, 15) is 5.11 Å². The summed E-state index contributed by atoms with van der Waals surface area (Å²) in [6, 6.07) is 79.5. The summed E-state index contributed by atoms with van der Waals surface area (Å²) in [7, 11) is 2.37. The molecule has 0 radical (unpaired) electrons. The Labute approximate surface area is 465 Å². The molecule has 10 aromatic carbocycles. The van der Waals surface area contributed by atoms with Crippen LogP contribution in [0.1, 0.15) is 116 Å². The number of fused-ring (bicyclic) bond motifs is 10. The van der Waals surface area contributed by atoms with Crippen molar-refractivity contribution in [2.75, 3.05) is 7.05 Å². The van der Waals surface area contributed by atoms with Crippen LogP contribution >= 0.6 is 0 Å². The Balaban J connectivity index is 0.877. The van der Waals surface area contributed by atoms with Crippen LogP contribution in [0.5, 0.6) is 0 Å². The molecule has 0 saturated heterocycles. The van der Waals surface area contributed by atoms with Crippen molar-refractivity contribution in [2.24, 2.45) is 0 Å². The Morgan fingerprint density at radius 2 is 0.759 bits per heavy atom. The first-order valence-corrected chi connectivity index (χ1v) is 28.0. The minimum absolute atomic E-state index is 0.00399. The van der Waals surface area contributed by atoms with E-state index in [1.54, 1.807) is 0 Å². The molecule has 2 heterocycles. The van der Waals surface area contributed by atoms with Gasteiger partial charge in [0, 0.05) is 80.3 Å². The van der Waals surface area contributed by atoms with Crippen LogP contribution in [0.3, 0.4) is 0 Å². The fourth-order valence-corrected chi connectivity index (χ4v) is 14.9. The number of hydrogen-bond acceptors (Lipinski definition) is 2. The first-order valence-electron chi connectivity index (χ1n) is 28.0. The Morgan fingerprint density at radius 1 is 0.354 bits per heavy atom.